The maximum absolute atomic E-state index is 13.1. The Morgan fingerprint density at radius 2 is 1.47 bits per heavy atom. The molecule has 0 fully saturated rings. The molecule has 0 saturated carbocycles. The van der Waals surface area contributed by atoms with Crippen LogP contribution < -0.4 is 15.5 Å². The average Bonchev–Trinajstić information content (AvgIpc) is 3.06. The third kappa shape index (κ3) is 5.99. The molecule has 2 N–H and O–H groups in total. The highest BCUT2D eigenvalue weighted by molar-refractivity contribution is 6.53. The number of nitrogens with zero attached hydrogens (tertiary/aromatic N) is 1. The lowest BCUT2D eigenvalue weighted by molar-refractivity contribution is -0.120. The number of esters is 1. The van der Waals surface area contributed by atoms with Crippen LogP contribution in [0.5, 0.6) is 0 Å². The molecule has 0 saturated heterocycles. The first-order chi connectivity index (χ1) is 18.0. The number of hydrogen-bond donors (Lipinski definition) is 2. The molecule has 38 heavy (non-hydrogen) atoms. The lowest BCUT2D eigenvalue weighted by atomic mass is 10.1. The summed E-state index contributed by atoms with van der Waals surface area (Å²) in [5, 5.41) is 5.74. The van der Waals surface area contributed by atoms with Gasteiger partial charge in [-0.25, -0.2) is 9.69 Å². The Labute approximate surface area is 233 Å². The predicted molar refractivity (Wildman–Crippen MR) is 147 cm³/mol. The molecule has 11 heteroatoms. The van der Waals surface area contributed by atoms with Crippen LogP contribution in [0.25, 0.3) is 0 Å². The number of imide groups is 1. The minimum Gasteiger partial charge on any atom is -0.459 e. The Morgan fingerprint density at radius 1 is 0.816 bits per heavy atom. The number of ether oxygens (including phenoxy) is 1. The van der Waals surface area contributed by atoms with E-state index in [1.807, 2.05) is 0 Å². The first kappa shape index (κ1) is 27.2. The summed E-state index contributed by atoms with van der Waals surface area (Å²) in [5.41, 5.74) is 1.46. The number of hydrogen-bond acceptors (Lipinski definition) is 6. The molecule has 0 spiro atoms. The highest BCUT2D eigenvalue weighted by atomic mass is 35.5. The summed E-state index contributed by atoms with van der Waals surface area (Å²) in [4.78, 5) is 51.5. The van der Waals surface area contributed by atoms with Crippen molar-refractivity contribution in [2.75, 3.05) is 15.5 Å². The SMILES string of the molecule is CC(C)OC(=O)c1ccc(NC(=O)c2cccc(NC3=C(Cl)C(=O)N(c4cc(Cl)cc(Cl)c4)C3=O)c2)cc1. The molecule has 3 aromatic carbocycles. The van der Waals surface area contributed by atoms with Crippen LogP contribution in [0.4, 0.5) is 17.1 Å². The second kappa shape index (κ2) is 11.3. The molecule has 3 aromatic rings. The third-order valence-corrected chi connectivity index (χ3v) is 6.04. The van der Waals surface area contributed by atoms with E-state index < -0.39 is 23.7 Å². The van der Waals surface area contributed by atoms with E-state index in [2.05, 4.69) is 10.6 Å². The molecule has 1 aliphatic rings. The Balaban J connectivity index is 1.48. The number of carbonyl (C=O) groups excluding carboxylic acids is 4. The largest absolute Gasteiger partial charge is 0.459 e. The van der Waals surface area contributed by atoms with Gasteiger partial charge in [0.05, 0.1) is 17.4 Å². The minimum absolute atomic E-state index is 0.158. The summed E-state index contributed by atoms with van der Waals surface area (Å²) >= 11 is 18.2. The first-order valence-electron chi connectivity index (χ1n) is 11.3. The average molecular weight is 573 g/mol. The summed E-state index contributed by atoms with van der Waals surface area (Å²) in [6.07, 6.45) is -0.246. The van der Waals surface area contributed by atoms with Gasteiger partial charge in [0.1, 0.15) is 10.7 Å². The lowest BCUT2D eigenvalue weighted by Gasteiger charge is -2.16. The fourth-order valence-electron chi connectivity index (χ4n) is 3.57. The summed E-state index contributed by atoms with van der Waals surface area (Å²) in [6, 6.07) is 16.9. The van der Waals surface area contributed by atoms with E-state index >= 15 is 0 Å². The summed E-state index contributed by atoms with van der Waals surface area (Å²) in [5.74, 6) is -2.34. The number of rotatable bonds is 7. The van der Waals surface area contributed by atoms with Crippen LogP contribution in [0.2, 0.25) is 10.0 Å². The van der Waals surface area contributed by atoms with Crippen molar-refractivity contribution in [2.24, 2.45) is 0 Å². The van der Waals surface area contributed by atoms with E-state index in [1.165, 1.54) is 24.3 Å². The molecule has 0 radical (unpaired) electrons. The summed E-state index contributed by atoms with van der Waals surface area (Å²) < 4.78 is 5.15. The van der Waals surface area contributed by atoms with Crippen molar-refractivity contribution in [1.29, 1.82) is 0 Å². The molecular formula is C27H20Cl3N3O5. The molecule has 0 aromatic heterocycles. The normalized spacial score (nSPS) is 13.3. The third-order valence-electron chi connectivity index (χ3n) is 5.25. The maximum Gasteiger partial charge on any atom is 0.338 e. The van der Waals surface area contributed by atoms with Crippen molar-refractivity contribution >= 4 is 75.6 Å². The molecule has 0 atom stereocenters. The second-order valence-electron chi connectivity index (χ2n) is 8.45. The van der Waals surface area contributed by atoms with Crippen LogP contribution in [-0.4, -0.2) is 29.8 Å². The molecule has 4 rings (SSSR count). The van der Waals surface area contributed by atoms with Gasteiger partial charge >= 0.3 is 5.97 Å². The molecule has 194 valence electrons. The van der Waals surface area contributed by atoms with Gasteiger partial charge in [0.25, 0.3) is 17.7 Å². The lowest BCUT2D eigenvalue weighted by Crippen LogP contribution is -2.32. The molecule has 0 aliphatic carbocycles. The van der Waals surface area contributed by atoms with Crippen LogP contribution >= 0.6 is 34.8 Å². The molecule has 0 bridgehead atoms. The molecule has 8 nitrogen and oxygen atoms in total. The van der Waals surface area contributed by atoms with Gasteiger partial charge in [0, 0.05) is 27.0 Å². The van der Waals surface area contributed by atoms with E-state index in [-0.39, 0.29) is 38.1 Å². The Hall–Kier alpha value is -3.85. The van der Waals surface area contributed by atoms with Gasteiger partial charge in [0.2, 0.25) is 0 Å². The van der Waals surface area contributed by atoms with Gasteiger partial charge in [-0.05, 0) is 74.5 Å². The van der Waals surface area contributed by atoms with Crippen LogP contribution in [0.15, 0.2) is 77.5 Å². The smallest absolute Gasteiger partial charge is 0.338 e. The first-order valence-corrected chi connectivity index (χ1v) is 12.4. The minimum atomic E-state index is -0.743. The molecule has 3 amide bonds. The fourth-order valence-corrected chi connectivity index (χ4v) is 4.30. The fraction of sp³-hybridized carbons (Fsp3) is 0.111. The molecule has 0 unspecified atom stereocenters. The standard InChI is InChI=1S/C27H20Cl3N3O5/c1-14(2)38-27(37)15-6-8-19(9-7-15)32-24(34)16-4-3-5-20(10-16)31-23-22(30)25(35)33(26(23)36)21-12-17(28)11-18(29)13-21/h3-14,31H,1-2H3,(H,32,34). The Morgan fingerprint density at radius 3 is 2.11 bits per heavy atom. The van der Waals surface area contributed by atoms with Gasteiger partial charge in [-0.1, -0.05) is 40.9 Å². The van der Waals surface area contributed by atoms with Gasteiger partial charge in [0.15, 0.2) is 0 Å². The molecular weight excluding hydrogens is 553 g/mol. The number of carbonyl (C=O) groups is 4. The van der Waals surface area contributed by atoms with Crippen molar-refractivity contribution in [3.63, 3.8) is 0 Å². The van der Waals surface area contributed by atoms with Gasteiger partial charge in [-0.15, -0.1) is 0 Å². The van der Waals surface area contributed by atoms with Crippen LogP contribution in [0, 0.1) is 0 Å². The number of halogens is 3. The van der Waals surface area contributed by atoms with E-state index in [4.69, 9.17) is 39.5 Å². The zero-order valence-corrected chi connectivity index (χ0v) is 22.3. The van der Waals surface area contributed by atoms with Gasteiger partial charge in [-0.2, -0.15) is 0 Å². The number of benzene rings is 3. The van der Waals surface area contributed by atoms with Crippen LogP contribution in [0.1, 0.15) is 34.6 Å². The van der Waals surface area contributed by atoms with Crippen molar-refractivity contribution in [3.8, 4) is 0 Å². The quantitative estimate of drug-likeness (QED) is 0.256. The van der Waals surface area contributed by atoms with E-state index in [1.54, 1.807) is 56.3 Å². The van der Waals surface area contributed by atoms with Crippen molar-refractivity contribution < 1.29 is 23.9 Å². The van der Waals surface area contributed by atoms with Gasteiger partial charge < -0.3 is 15.4 Å². The molecule has 1 heterocycles. The van der Waals surface area contributed by atoms with Crippen molar-refractivity contribution in [2.45, 2.75) is 20.0 Å². The maximum atomic E-state index is 13.1. The summed E-state index contributed by atoms with van der Waals surface area (Å²) in [7, 11) is 0. The highest BCUT2D eigenvalue weighted by Gasteiger charge is 2.39. The monoisotopic (exact) mass is 571 g/mol. The Kier molecular flexibility index (Phi) is 8.06. The number of amides is 3. The van der Waals surface area contributed by atoms with Gasteiger partial charge in [-0.3, -0.25) is 14.4 Å². The van der Waals surface area contributed by atoms with Crippen molar-refractivity contribution in [3.05, 3.63) is 98.6 Å². The van der Waals surface area contributed by atoms with Crippen LogP contribution in [0.3, 0.4) is 0 Å². The second-order valence-corrected chi connectivity index (χ2v) is 9.70. The van der Waals surface area contributed by atoms with E-state index in [0.717, 1.165) is 4.90 Å². The predicted octanol–water partition coefficient (Wildman–Crippen LogP) is 6.25. The topological polar surface area (TPSA) is 105 Å². The van der Waals surface area contributed by atoms with Crippen molar-refractivity contribution in [1.82, 2.24) is 0 Å². The zero-order valence-electron chi connectivity index (χ0n) is 20.1. The highest BCUT2D eigenvalue weighted by Crippen LogP contribution is 2.33. The molecule has 1 aliphatic heterocycles. The summed E-state index contributed by atoms with van der Waals surface area (Å²) in [6.45, 7) is 3.51. The van der Waals surface area contributed by atoms with E-state index in [9.17, 15) is 19.2 Å². The zero-order chi connectivity index (χ0) is 27.6. The van der Waals surface area contributed by atoms with Crippen LogP contribution in [-0.2, 0) is 14.3 Å². The Bertz CT molecular complexity index is 1470. The van der Waals surface area contributed by atoms with E-state index in [0.29, 0.717) is 16.9 Å². The number of nitrogens with one attached hydrogen (secondary N) is 2. The number of anilines is 3.